The first-order valence-electron chi connectivity index (χ1n) is 5.96. The molecule has 3 nitrogen and oxygen atoms in total. The SMILES string of the molecule is C[C@@H](NC(=O)c1c(F)cccc1F)[C@H]1CCCO1. The number of rotatable bonds is 3. The van der Waals surface area contributed by atoms with Crippen LogP contribution in [0, 0.1) is 11.6 Å². The molecule has 18 heavy (non-hydrogen) atoms. The fourth-order valence-corrected chi connectivity index (χ4v) is 2.08. The number of benzene rings is 1. The van der Waals surface area contributed by atoms with E-state index in [4.69, 9.17) is 4.74 Å². The van der Waals surface area contributed by atoms with Crippen LogP contribution >= 0.6 is 0 Å². The van der Waals surface area contributed by atoms with Crippen LogP contribution in [-0.4, -0.2) is 24.7 Å². The van der Waals surface area contributed by atoms with Crippen molar-refractivity contribution < 1.29 is 18.3 Å². The monoisotopic (exact) mass is 255 g/mol. The number of halogens is 2. The van der Waals surface area contributed by atoms with Gasteiger partial charge in [0.25, 0.3) is 5.91 Å². The summed E-state index contributed by atoms with van der Waals surface area (Å²) in [5, 5.41) is 2.58. The quantitative estimate of drug-likeness (QED) is 0.899. The molecule has 0 bridgehead atoms. The van der Waals surface area contributed by atoms with Gasteiger partial charge in [0, 0.05) is 6.61 Å². The zero-order valence-corrected chi connectivity index (χ0v) is 10.1. The van der Waals surface area contributed by atoms with Crippen LogP contribution in [0.15, 0.2) is 18.2 Å². The van der Waals surface area contributed by atoms with Gasteiger partial charge < -0.3 is 10.1 Å². The van der Waals surface area contributed by atoms with E-state index >= 15 is 0 Å². The Kier molecular flexibility index (Phi) is 3.91. The third kappa shape index (κ3) is 2.67. The minimum Gasteiger partial charge on any atom is -0.376 e. The number of nitrogens with one attached hydrogen (secondary N) is 1. The lowest BCUT2D eigenvalue weighted by atomic mass is 10.1. The van der Waals surface area contributed by atoms with E-state index in [9.17, 15) is 13.6 Å². The van der Waals surface area contributed by atoms with Crippen molar-refractivity contribution in [3.8, 4) is 0 Å². The van der Waals surface area contributed by atoms with E-state index in [1.54, 1.807) is 6.92 Å². The van der Waals surface area contributed by atoms with Crippen molar-refractivity contribution in [1.82, 2.24) is 5.32 Å². The van der Waals surface area contributed by atoms with Gasteiger partial charge in [-0.3, -0.25) is 4.79 Å². The zero-order chi connectivity index (χ0) is 13.1. The Balaban J connectivity index is 2.07. The van der Waals surface area contributed by atoms with Crippen LogP contribution in [0.25, 0.3) is 0 Å². The lowest BCUT2D eigenvalue weighted by molar-refractivity contribution is 0.0707. The van der Waals surface area contributed by atoms with Crippen molar-refractivity contribution in [2.24, 2.45) is 0 Å². The molecule has 0 spiro atoms. The molecular formula is C13H15F2NO2. The Morgan fingerprint density at radius 3 is 2.67 bits per heavy atom. The van der Waals surface area contributed by atoms with Crippen LogP contribution < -0.4 is 5.32 Å². The highest BCUT2D eigenvalue weighted by Crippen LogP contribution is 2.17. The van der Waals surface area contributed by atoms with Gasteiger partial charge in [0.2, 0.25) is 0 Å². The van der Waals surface area contributed by atoms with Gasteiger partial charge in [-0.25, -0.2) is 8.78 Å². The molecule has 0 unspecified atom stereocenters. The highest BCUT2D eigenvalue weighted by Gasteiger charge is 2.26. The van der Waals surface area contributed by atoms with Gasteiger partial charge in [0.15, 0.2) is 0 Å². The molecule has 1 N–H and O–H groups in total. The van der Waals surface area contributed by atoms with Gasteiger partial charge in [-0.05, 0) is 31.9 Å². The summed E-state index contributed by atoms with van der Waals surface area (Å²) in [5.41, 5.74) is -0.539. The Hall–Kier alpha value is -1.49. The molecule has 1 heterocycles. The fourth-order valence-electron chi connectivity index (χ4n) is 2.08. The second-order valence-electron chi connectivity index (χ2n) is 4.41. The maximum Gasteiger partial charge on any atom is 0.257 e. The molecule has 1 aromatic carbocycles. The molecule has 1 saturated heterocycles. The highest BCUT2D eigenvalue weighted by atomic mass is 19.1. The minimum absolute atomic E-state index is 0.0798. The summed E-state index contributed by atoms with van der Waals surface area (Å²) in [4.78, 5) is 11.8. The van der Waals surface area contributed by atoms with E-state index in [1.165, 1.54) is 6.07 Å². The second kappa shape index (κ2) is 5.44. The number of hydrogen-bond acceptors (Lipinski definition) is 2. The Bertz CT molecular complexity index is 424. The second-order valence-corrected chi connectivity index (χ2v) is 4.41. The Morgan fingerprint density at radius 2 is 2.11 bits per heavy atom. The maximum atomic E-state index is 13.4. The van der Waals surface area contributed by atoms with Crippen LogP contribution in [0.3, 0.4) is 0 Å². The lowest BCUT2D eigenvalue weighted by Crippen LogP contribution is -2.41. The lowest BCUT2D eigenvalue weighted by Gasteiger charge is -2.20. The third-order valence-electron chi connectivity index (χ3n) is 3.07. The van der Waals surface area contributed by atoms with Crippen molar-refractivity contribution in [3.63, 3.8) is 0 Å². The summed E-state index contributed by atoms with van der Waals surface area (Å²) in [6.45, 7) is 2.44. The Morgan fingerprint density at radius 1 is 1.44 bits per heavy atom. The first-order chi connectivity index (χ1) is 8.59. The summed E-state index contributed by atoms with van der Waals surface area (Å²) in [6.07, 6.45) is 1.71. The molecule has 2 rings (SSSR count). The summed E-state index contributed by atoms with van der Waals surface area (Å²) in [6, 6.07) is 3.09. The summed E-state index contributed by atoms with van der Waals surface area (Å²) in [5.74, 6) is -2.45. The molecule has 1 aliphatic rings. The molecule has 0 radical (unpaired) electrons. The zero-order valence-electron chi connectivity index (χ0n) is 10.1. The van der Waals surface area contributed by atoms with Gasteiger partial charge in [-0.15, -0.1) is 0 Å². The number of hydrogen-bond donors (Lipinski definition) is 1. The maximum absolute atomic E-state index is 13.4. The molecule has 2 atom stereocenters. The molecule has 1 aromatic rings. The van der Waals surface area contributed by atoms with E-state index < -0.39 is 23.1 Å². The van der Waals surface area contributed by atoms with Gasteiger partial charge in [-0.2, -0.15) is 0 Å². The summed E-state index contributed by atoms with van der Waals surface area (Å²) < 4.78 is 32.2. The molecule has 98 valence electrons. The average Bonchev–Trinajstić information content (AvgIpc) is 2.81. The van der Waals surface area contributed by atoms with Crippen molar-refractivity contribution in [3.05, 3.63) is 35.4 Å². The minimum atomic E-state index is -0.855. The van der Waals surface area contributed by atoms with E-state index in [-0.39, 0.29) is 12.1 Å². The molecule has 0 aromatic heterocycles. The van der Waals surface area contributed by atoms with Crippen LogP contribution in [0.1, 0.15) is 30.1 Å². The predicted octanol–water partition coefficient (Wildman–Crippen LogP) is 2.26. The highest BCUT2D eigenvalue weighted by molar-refractivity contribution is 5.94. The van der Waals surface area contributed by atoms with Crippen molar-refractivity contribution in [2.75, 3.05) is 6.61 Å². The van der Waals surface area contributed by atoms with Crippen LogP contribution in [0.5, 0.6) is 0 Å². The fraction of sp³-hybridized carbons (Fsp3) is 0.462. The normalized spacial score (nSPS) is 20.7. The van der Waals surface area contributed by atoms with Gasteiger partial charge >= 0.3 is 0 Å². The molecule has 1 fully saturated rings. The van der Waals surface area contributed by atoms with Crippen LogP contribution in [-0.2, 0) is 4.74 Å². The number of amides is 1. The molecule has 1 aliphatic heterocycles. The number of carbonyl (C=O) groups excluding carboxylic acids is 1. The number of ether oxygens (including phenoxy) is 1. The van der Waals surface area contributed by atoms with Crippen LogP contribution in [0.2, 0.25) is 0 Å². The van der Waals surface area contributed by atoms with E-state index in [0.717, 1.165) is 25.0 Å². The standard InChI is InChI=1S/C13H15F2NO2/c1-8(11-6-3-7-18-11)16-13(17)12-9(14)4-2-5-10(12)15/h2,4-5,8,11H,3,6-7H2,1H3,(H,16,17)/t8-,11-/m1/s1. The first-order valence-corrected chi connectivity index (χ1v) is 5.96. The largest absolute Gasteiger partial charge is 0.376 e. The van der Waals surface area contributed by atoms with Gasteiger partial charge in [0.1, 0.15) is 17.2 Å². The van der Waals surface area contributed by atoms with E-state index in [1.807, 2.05) is 0 Å². The summed E-state index contributed by atoms with van der Waals surface area (Å²) in [7, 11) is 0. The molecule has 0 saturated carbocycles. The number of carbonyl (C=O) groups is 1. The average molecular weight is 255 g/mol. The summed E-state index contributed by atoms with van der Waals surface area (Å²) >= 11 is 0. The first kappa shape index (κ1) is 13.0. The van der Waals surface area contributed by atoms with E-state index in [0.29, 0.717) is 6.61 Å². The topological polar surface area (TPSA) is 38.3 Å². The smallest absolute Gasteiger partial charge is 0.257 e. The van der Waals surface area contributed by atoms with Crippen molar-refractivity contribution in [2.45, 2.75) is 31.9 Å². The van der Waals surface area contributed by atoms with Gasteiger partial charge in [0.05, 0.1) is 12.1 Å². The Labute approximate surface area is 104 Å². The van der Waals surface area contributed by atoms with Crippen molar-refractivity contribution >= 4 is 5.91 Å². The van der Waals surface area contributed by atoms with Gasteiger partial charge in [-0.1, -0.05) is 6.07 Å². The molecule has 1 amide bonds. The predicted molar refractivity (Wildman–Crippen MR) is 62.3 cm³/mol. The third-order valence-corrected chi connectivity index (χ3v) is 3.07. The van der Waals surface area contributed by atoms with Crippen LogP contribution in [0.4, 0.5) is 8.78 Å². The molecule has 0 aliphatic carbocycles. The molecular weight excluding hydrogens is 240 g/mol. The molecule has 5 heteroatoms. The van der Waals surface area contributed by atoms with Crippen molar-refractivity contribution in [1.29, 1.82) is 0 Å². The van der Waals surface area contributed by atoms with E-state index in [2.05, 4.69) is 5.32 Å².